The van der Waals surface area contributed by atoms with Crippen LogP contribution in [-0.2, 0) is 4.79 Å². The molecule has 5 rings (SSSR count). The molecule has 166 valence electrons. The number of carbonyl (C=O) groups is 1. The van der Waals surface area contributed by atoms with Crippen LogP contribution in [-0.4, -0.2) is 41.4 Å². The molecule has 11 heteroatoms. The molecule has 9 nitrogen and oxygen atoms in total. The highest BCUT2D eigenvalue weighted by atomic mass is 32.2. The van der Waals surface area contributed by atoms with Gasteiger partial charge in [0.1, 0.15) is 21.6 Å². The predicted octanol–water partition coefficient (Wildman–Crippen LogP) is 3.85. The van der Waals surface area contributed by atoms with Gasteiger partial charge in [0.25, 0.3) is 5.56 Å². The van der Waals surface area contributed by atoms with Gasteiger partial charge >= 0.3 is 0 Å². The molecular weight excluding hydrogens is 458 g/mol. The lowest BCUT2D eigenvalue weighted by Crippen LogP contribution is -2.12. The summed E-state index contributed by atoms with van der Waals surface area (Å²) in [6.07, 6.45) is 4.77. The van der Waals surface area contributed by atoms with Crippen molar-refractivity contribution in [1.29, 1.82) is 0 Å². The average Bonchev–Trinajstić information content (AvgIpc) is 3.37. The summed E-state index contributed by atoms with van der Waals surface area (Å²) in [5.41, 5.74) is 2.87. The van der Waals surface area contributed by atoms with Gasteiger partial charge < -0.3 is 10.3 Å². The summed E-state index contributed by atoms with van der Waals surface area (Å²) in [6, 6.07) is 7.23. The second-order valence-electron chi connectivity index (χ2n) is 7.36. The van der Waals surface area contributed by atoms with E-state index in [0.717, 1.165) is 20.9 Å². The second-order valence-corrected chi connectivity index (χ2v) is 9.65. The number of hydrogen-bond donors (Lipinski definition) is 2. The van der Waals surface area contributed by atoms with Gasteiger partial charge in [0.15, 0.2) is 5.65 Å². The van der Waals surface area contributed by atoms with Crippen molar-refractivity contribution in [2.75, 3.05) is 11.1 Å². The number of amides is 1. The van der Waals surface area contributed by atoms with E-state index in [2.05, 4.69) is 44.2 Å². The molecule has 4 aromatic heterocycles. The zero-order valence-corrected chi connectivity index (χ0v) is 19.5. The minimum Gasteiger partial charge on any atom is -0.326 e. The molecule has 1 amide bonds. The first kappa shape index (κ1) is 21.3. The maximum absolute atomic E-state index is 12.4. The van der Waals surface area contributed by atoms with E-state index in [4.69, 9.17) is 0 Å². The Hall–Kier alpha value is -3.57. The van der Waals surface area contributed by atoms with E-state index in [1.54, 1.807) is 46.2 Å². The Labute approximate surface area is 196 Å². The van der Waals surface area contributed by atoms with Crippen molar-refractivity contribution in [3.63, 3.8) is 0 Å². The third-order valence-corrected chi connectivity index (χ3v) is 7.37. The molecule has 0 aliphatic carbocycles. The molecule has 1 aromatic carbocycles. The fourth-order valence-corrected chi connectivity index (χ4v) is 5.51. The largest absolute Gasteiger partial charge is 0.326 e. The van der Waals surface area contributed by atoms with E-state index in [1.165, 1.54) is 23.0 Å². The number of thioether (sulfide) groups is 1. The number of benzene rings is 1. The van der Waals surface area contributed by atoms with Crippen molar-refractivity contribution in [3.8, 4) is 5.69 Å². The van der Waals surface area contributed by atoms with Crippen molar-refractivity contribution in [2.45, 2.75) is 25.3 Å². The third kappa shape index (κ3) is 4.12. The molecule has 0 spiro atoms. The number of aryl methyl sites for hydroxylation is 2. The van der Waals surface area contributed by atoms with Crippen LogP contribution in [0.5, 0.6) is 0 Å². The van der Waals surface area contributed by atoms with E-state index < -0.39 is 0 Å². The van der Waals surface area contributed by atoms with E-state index in [-0.39, 0.29) is 11.5 Å². The summed E-state index contributed by atoms with van der Waals surface area (Å²) >= 11 is 3.23. The molecule has 0 aliphatic rings. The standard InChI is InChI=1S/C22H19N7O2S2/c1-12-13(2)33-22-18(12)21(25-11-26-22)32-8-7-17(30)28-14-3-5-15(6-4-14)29-19-16(9-27-29)20(31)24-10-23-19/h3-6,9-11H,7-8H2,1-2H3,(H,28,30)(H,23,24,31). The van der Waals surface area contributed by atoms with Crippen LogP contribution in [0.15, 0.2) is 52.9 Å². The predicted molar refractivity (Wildman–Crippen MR) is 130 cm³/mol. The topological polar surface area (TPSA) is 118 Å². The fourth-order valence-electron chi connectivity index (χ4n) is 3.45. The Morgan fingerprint density at radius 2 is 2.00 bits per heavy atom. The van der Waals surface area contributed by atoms with Gasteiger partial charge in [-0.25, -0.2) is 19.6 Å². The maximum Gasteiger partial charge on any atom is 0.261 e. The van der Waals surface area contributed by atoms with Crippen LogP contribution >= 0.6 is 23.1 Å². The van der Waals surface area contributed by atoms with Gasteiger partial charge in [-0.15, -0.1) is 23.1 Å². The molecule has 0 bridgehead atoms. The van der Waals surface area contributed by atoms with E-state index in [1.807, 2.05) is 12.1 Å². The number of aromatic nitrogens is 6. The van der Waals surface area contributed by atoms with Crippen molar-refractivity contribution < 1.29 is 4.79 Å². The molecule has 0 radical (unpaired) electrons. The Morgan fingerprint density at radius 1 is 1.18 bits per heavy atom. The first-order chi connectivity index (χ1) is 16.0. The highest BCUT2D eigenvalue weighted by molar-refractivity contribution is 7.99. The van der Waals surface area contributed by atoms with Crippen LogP contribution in [0, 0.1) is 13.8 Å². The quantitative estimate of drug-likeness (QED) is 0.282. The number of H-pyrrole nitrogens is 1. The SMILES string of the molecule is Cc1sc2ncnc(SCCC(=O)Nc3ccc(-n4ncc5c(=O)[nH]cnc54)cc3)c2c1C. The number of hydrogen-bond acceptors (Lipinski definition) is 8. The van der Waals surface area contributed by atoms with Crippen LogP contribution in [0.3, 0.4) is 0 Å². The molecule has 33 heavy (non-hydrogen) atoms. The molecular formula is C22H19N7O2S2. The molecule has 0 saturated heterocycles. The average molecular weight is 478 g/mol. The zero-order valence-electron chi connectivity index (χ0n) is 17.8. The number of carbonyl (C=O) groups excluding carboxylic acids is 1. The lowest BCUT2D eigenvalue weighted by Gasteiger charge is -2.07. The van der Waals surface area contributed by atoms with Gasteiger partial charge in [0, 0.05) is 28.1 Å². The van der Waals surface area contributed by atoms with Crippen LogP contribution in [0.25, 0.3) is 26.9 Å². The van der Waals surface area contributed by atoms with Crippen LogP contribution in [0.2, 0.25) is 0 Å². The Morgan fingerprint density at radius 3 is 2.82 bits per heavy atom. The van der Waals surface area contributed by atoms with Crippen LogP contribution < -0.4 is 10.9 Å². The molecule has 2 N–H and O–H groups in total. The van der Waals surface area contributed by atoms with Crippen LogP contribution in [0.4, 0.5) is 5.69 Å². The first-order valence-corrected chi connectivity index (χ1v) is 12.0. The summed E-state index contributed by atoms with van der Waals surface area (Å²) in [5.74, 6) is 0.542. The lowest BCUT2D eigenvalue weighted by molar-refractivity contribution is -0.115. The maximum atomic E-state index is 12.4. The number of nitrogens with one attached hydrogen (secondary N) is 2. The molecule has 0 atom stereocenters. The highest BCUT2D eigenvalue weighted by Gasteiger charge is 2.13. The number of aromatic amines is 1. The second kappa shape index (κ2) is 8.75. The fraction of sp³-hybridized carbons (Fsp3) is 0.182. The number of anilines is 1. The summed E-state index contributed by atoms with van der Waals surface area (Å²) in [6.45, 7) is 4.16. The summed E-state index contributed by atoms with van der Waals surface area (Å²) in [7, 11) is 0. The number of rotatable bonds is 6. The van der Waals surface area contributed by atoms with Crippen molar-refractivity contribution in [3.05, 3.63) is 63.9 Å². The molecule has 0 fully saturated rings. The minimum absolute atomic E-state index is 0.0727. The van der Waals surface area contributed by atoms with Gasteiger partial charge in [-0.2, -0.15) is 5.10 Å². The zero-order chi connectivity index (χ0) is 22.9. The summed E-state index contributed by atoms with van der Waals surface area (Å²) in [5, 5.41) is 9.59. The van der Waals surface area contributed by atoms with Crippen molar-refractivity contribution in [1.82, 2.24) is 29.7 Å². The van der Waals surface area contributed by atoms with Gasteiger partial charge in [0.05, 0.1) is 18.2 Å². The van der Waals surface area contributed by atoms with E-state index >= 15 is 0 Å². The molecule has 0 saturated carbocycles. The highest BCUT2D eigenvalue weighted by Crippen LogP contribution is 2.34. The van der Waals surface area contributed by atoms with E-state index in [9.17, 15) is 9.59 Å². The lowest BCUT2D eigenvalue weighted by atomic mass is 10.2. The van der Waals surface area contributed by atoms with E-state index in [0.29, 0.717) is 28.9 Å². The number of thiophene rings is 1. The first-order valence-electron chi connectivity index (χ1n) is 10.2. The normalized spacial score (nSPS) is 11.3. The van der Waals surface area contributed by atoms with Gasteiger partial charge in [0.2, 0.25) is 5.91 Å². The van der Waals surface area contributed by atoms with Crippen molar-refractivity contribution in [2.24, 2.45) is 0 Å². The molecule has 4 heterocycles. The number of nitrogens with zero attached hydrogens (tertiary/aromatic N) is 5. The Kier molecular flexibility index (Phi) is 5.65. The summed E-state index contributed by atoms with van der Waals surface area (Å²) in [4.78, 5) is 42.0. The Bertz CT molecular complexity index is 1540. The van der Waals surface area contributed by atoms with Gasteiger partial charge in [-0.05, 0) is 43.7 Å². The van der Waals surface area contributed by atoms with Gasteiger partial charge in [-0.3, -0.25) is 9.59 Å². The van der Waals surface area contributed by atoms with Gasteiger partial charge in [-0.1, -0.05) is 0 Å². The smallest absolute Gasteiger partial charge is 0.261 e. The Balaban J connectivity index is 1.22. The van der Waals surface area contributed by atoms with Crippen LogP contribution in [0.1, 0.15) is 16.9 Å². The number of fused-ring (bicyclic) bond motifs is 2. The summed E-state index contributed by atoms with van der Waals surface area (Å²) < 4.78 is 1.59. The minimum atomic E-state index is -0.236. The molecule has 5 aromatic rings. The molecule has 0 aliphatic heterocycles. The monoisotopic (exact) mass is 477 g/mol. The third-order valence-electron chi connectivity index (χ3n) is 5.27. The molecule has 0 unspecified atom stereocenters. The van der Waals surface area contributed by atoms with Crippen molar-refractivity contribution >= 4 is 55.9 Å².